The summed E-state index contributed by atoms with van der Waals surface area (Å²) in [5, 5.41) is 7.78. The third-order valence-corrected chi connectivity index (χ3v) is 4.45. The first-order valence-electron chi connectivity index (χ1n) is 5.55. The Kier molecular flexibility index (Phi) is 3.36. The van der Waals surface area contributed by atoms with E-state index in [-0.39, 0.29) is 0 Å². The molecule has 84 valence electrons. The van der Waals surface area contributed by atoms with Crippen LogP contribution in [0.4, 0.5) is 0 Å². The molecule has 1 aromatic heterocycles. The first-order chi connectivity index (χ1) is 7.28. The predicted molar refractivity (Wildman–Crippen MR) is 65.1 cm³/mol. The molecule has 1 aliphatic rings. The average molecular weight is 225 g/mol. The lowest BCUT2D eigenvalue weighted by Gasteiger charge is -2.11. The minimum absolute atomic E-state index is 0.556. The SMILES string of the molecule is CCn1cc(CNCC2(SC)CC2)cn1. The fourth-order valence-electron chi connectivity index (χ4n) is 1.70. The van der Waals surface area contributed by atoms with Crippen LogP contribution in [0.5, 0.6) is 0 Å². The van der Waals surface area contributed by atoms with Gasteiger partial charge in [-0.3, -0.25) is 4.68 Å². The number of rotatable bonds is 6. The van der Waals surface area contributed by atoms with Gasteiger partial charge in [0.25, 0.3) is 0 Å². The van der Waals surface area contributed by atoms with Gasteiger partial charge in [0.1, 0.15) is 0 Å². The Labute approximate surface area is 95.6 Å². The molecule has 1 saturated carbocycles. The van der Waals surface area contributed by atoms with Crippen LogP contribution in [0.2, 0.25) is 0 Å². The van der Waals surface area contributed by atoms with Crippen LogP contribution in [-0.2, 0) is 13.1 Å². The number of hydrogen-bond donors (Lipinski definition) is 1. The van der Waals surface area contributed by atoms with Crippen LogP contribution < -0.4 is 5.32 Å². The van der Waals surface area contributed by atoms with Crippen molar-refractivity contribution >= 4 is 11.8 Å². The quantitative estimate of drug-likeness (QED) is 0.802. The van der Waals surface area contributed by atoms with Crippen LogP contribution >= 0.6 is 11.8 Å². The highest BCUT2D eigenvalue weighted by molar-refractivity contribution is 8.00. The van der Waals surface area contributed by atoms with E-state index in [0.29, 0.717) is 4.75 Å². The molecule has 1 aliphatic carbocycles. The maximum atomic E-state index is 4.26. The number of thioether (sulfide) groups is 1. The summed E-state index contributed by atoms with van der Waals surface area (Å²) in [6.07, 6.45) is 9.02. The summed E-state index contributed by atoms with van der Waals surface area (Å²) in [4.78, 5) is 0. The lowest BCUT2D eigenvalue weighted by molar-refractivity contribution is 0.650. The molecule has 0 atom stereocenters. The summed E-state index contributed by atoms with van der Waals surface area (Å²) in [6, 6.07) is 0. The molecular formula is C11H19N3S. The zero-order valence-corrected chi connectivity index (χ0v) is 10.3. The summed E-state index contributed by atoms with van der Waals surface area (Å²) in [5.41, 5.74) is 1.29. The minimum Gasteiger partial charge on any atom is -0.311 e. The third kappa shape index (κ3) is 2.75. The average Bonchev–Trinajstić information content (AvgIpc) is 2.89. The molecule has 1 N–H and O–H groups in total. The standard InChI is InChI=1S/C11H19N3S/c1-3-14-8-10(7-13-14)6-12-9-11(15-2)4-5-11/h7-8,12H,3-6,9H2,1-2H3. The van der Waals surface area contributed by atoms with E-state index in [1.54, 1.807) is 0 Å². The van der Waals surface area contributed by atoms with E-state index >= 15 is 0 Å². The van der Waals surface area contributed by atoms with Crippen molar-refractivity contribution in [2.24, 2.45) is 0 Å². The van der Waals surface area contributed by atoms with Gasteiger partial charge in [0.15, 0.2) is 0 Å². The Morgan fingerprint density at radius 2 is 2.40 bits per heavy atom. The van der Waals surface area contributed by atoms with Crippen molar-refractivity contribution in [2.45, 2.75) is 37.6 Å². The molecule has 0 amide bonds. The molecule has 3 nitrogen and oxygen atoms in total. The van der Waals surface area contributed by atoms with Crippen molar-refractivity contribution in [2.75, 3.05) is 12.8 Å². The van der Waals surface area contributed by atoms with Crippen LogP contribution in [-0.4, -0.2) is 27.3 Å². The zero-order chi connectivity index (χ0) is 10.7. The second-order valence-electron chi connectivity index (χ2n) is 4.19. The molecule has 0 aromatic carbocycles. The number of aromatic nitrogens is 2. The van der Waals surface area contributed by atoms with Gasteiger partial charge in [0.05, 0.1) is 6.20 Å². The maximum absolute atomic E-state index is 4.26. The number of hydrogen-bond acceptors (Lipinski definition) is 3. The molecule has 0 saturated heterocycles. The van der Waals surface area contributed by atoms with E-state index in [1.807, 2.05) is 22.6 Å². The van der Waals surface area contributed by atoms with Gasteiger partial charge < -0.3 is 5.32 Å². The van der Waals surface area contributed by atoms with Crippen molar-refractivity contribution in [1.82, 2.24) is 15.1 Å². The molecule has 0 bridgehead atoms. The highest BCUT2D eigenvalue weighted by Crippen LogP contribution is 2.46. The highest BCUT2D eigenvalue weighted by atomic mass is 32.2. The van der Waals surface area contributed by atoms with E-state index in [0.717, 1.165) is 19.6 Å². The summed E-state index contributed by atoms with van der Waals surface area (Å²) >= 11 is 2.00. The maximum Gasteiger partial charge on any atom is 0.0534 e. The van der Waals surface area contributed by atoms with E-state index < -0.39 is 0 Å². The van der Waals surface area contributed by atoms with Gasteiger partial charge in [0.2, 0.25) is 0 Å². The van der Waals surface area contributed by atoms with Crippen LogP contribution in [0.3, 0.4) is 0 Å². The van der Waals surface area contributed by atoms with Gasteiger partial charge in [-0.15, -0.1) is 0 Å². The Morgan fingerprint density at radius 1 is 1.60 bits per heavy atom. The monoisotopic (exact) mass is 225 g/mol. The van der Waals surface area contributed by atoms with Gasteiger partial charge in [-0.1, -0.05) is 0 Å². The first kappa shape index (κ1) is 11.0. The lowest BCUT2D eigenvalue weighted by atomic mass is 10.3. The Bertz CT molecular complexity index is 317. The number of aryl methyl sites for hydroxylation is 1. The van der Waals surface area contributed by atoms with Crippen LogP contribution in [0.25, 0.3) is 0 Å². The zero-order valence-electron chi connectivity index (χ0n) is 9.49. The van der Waals surface area contributed by atoms with Gasteiger partial charge in [-0.2, -0.15) is 16.9 Å². The molecule has 0 unspecified atom stereocenters. The fraction of sp³-hybridized carbons (Fsp3) is 0.727. The van der Waals surface area contributed by atoms with Crippen LogP contribution in [0, 0.1) is 0 Å². The summed E-state index contributed by atoms with van der Waals surface area (Å²) in [7, 11) is 0. The van der Waals surface area contributed by atoms with Gasteiger partial charge in [-0.25, -0.2) is 0 Å². The summed E-state index contributed by atoms with van der Waals surface area (Å²) in [5.74, 6) is 0. The number of nitrogens with one attached hydrogen (secondary N) is 1. The summed E-state index contributed by atoms with van der Waals surface area (Å²) < 4.78 is 2.53. The van der Waals surface area contributed by atoms with Gasteiger partial charge >= 0.3 is 0 Å². The molecule has 0 aliphatic heterocycles. The van der Waals surface area contributed by atoms with E-state index in [9.17, 15) is 0 Å². The second-order valence-corrected chi connectivity index (χ2v) is 5.47. The normalized spacial score (nSPS) is 18.0. The van der Waals surface area contributed by atoms with Crippen LogP contribution in [0.15, 0.2) is 12.4 Å². The Hall–Kier alpha value is -0.480. The summed E-state index contributed by atoms with van der Waals surface area (Å²) in [6.45, 7) is 5.14. The van der Waals surface area contributed by atoms with E-state index in [1.165, 1.54) is 18.4 Å². The molecule has 0 radical (unpaired) electrons. The van der Waals surface area contributed by atoms with Gasteiger partial charge in [0, 0.05) is 36.1 Å². The highest BCUT2D eigenvalue weighted by Gasteiger charge is 2.41. The molecule has 4 heteroatoms. The molecule has 1 heterocycles. The molecule has 2 rings (SSSR count). The van der Waals surface area contributed by atoms with Crippen molar-refractivity contribution in [3.05, 3.63) is 18.0 Å². The third-order valence-electron chi connectivity index (χ3n) is 3.03. The molecule has 1 aromatic rings. The largest absolute Gasteiger partial charge is 0.311 e. The van der Waals surface area contributed by atoms with E-state index in [4.69, 9.17) is 0 Å². The van der Waals surface area contributed by atoms with Crippen molar-refractivity contribution < 1.29 is 0 Å². The Morgan fingerprint density at radius 3 is 2.93 bits per heavy atom. The lowest BCUT2D eigenvalue weighted by Crippen LogP contribution is -2.25. The minimum atomic E-state index is 0.556. The van der Waals surface area contributed by atoms with Crippen molar-refractivity contribution in [3.8, 4) is 0 Å². The second kappa shape index (κ2) is 4.58. The molecule has 0 spiro atoms. The Balaban J connectivity index is 1.73. The number of nitrogens with zero attached hydrogens (tertiary/aromatic N) is 2. The first-order valence-corrected chi connectivity index (χ1v) is 6.78. The van der Waals surface area contributed by atoms with Crippen molar-refractivity contribution in [1.29, 1.82) is 0 Å². The fourth-order valence-corrected chi connectivity index (χ4v) is 2.45. The van der Waals surface area contributed by atoms with Crippen molar-refractivity contribution in [3.63, 3.8) is 0 Å². The predicted octanol–water partition coefficient (Wildman–Crippen LogP) is 1.89. The van der Waals surface area contributed by atoms with Crippen LogP contribution in [0.1, 0.15) is 25.3 Å². The topological polar surface area (TPSA) is 29.9 Å². The van der Waals surface area contributed by atoms with Gasteiger partial charge in [-0.05, 0) is 26.0 Å². The molecule has 15 heavy (non-hydrogen) atoms. The smallest absolute Gasteiger partial charge is 0.0534 e. The molecule has 1 fully saturated rings. The van der Waals surface area contributed by atoms with E-state index in [2.05, 4.69) is 29.8 Å². The molecular weight excluding hydrogens is 206 g/mol.